The van der Waals surface area contributed by atoms with Crippen LogP contribution in [0.2, 0.25) is 0 Å². The summed E-state index contributed by atoms with van der Waals surface area (Å²) in [6, 6.07) is 0. The lowest BCUT2D eigenvalue weighted by Gasteiger charge is -2.26. The van der Waals surface area contributed by atoms with Gasteiger partial charge in [0.2, 0.25) is 0 Å². The molecule has 0 bridgehead atoms. The van der Waals surface area contributed by atoms with Gasteiger partial charge in [-0.1, -0.05) is 0 Å². The van der Waals surface area contributed by atoms with Gasteiger partial charge in [0.25, 0.3) is 0 Å². The lowest BCUT2D eigenvalue weighted by molar-refractivity contribution is -0.140. The predicted molar refractivity (Wildman–Crippen MR) is 80.1 cm³/mol. The maximum Gasteiger partial charge on any atom is 0.302 e. The topological polar surface area (TPSA) is 102 Å². The van der Waals surface area contributed by atoms with Crippen molar-refractivity contribution in [3.05, 3.63) is 16.7 Å². The number of carbonyl (C=O) groups is 2. The molecule has 2 rings (SSSR count). The average Bonchev–Trinajstić information content (AvgIpc) is 2.51. The molecule has 0 fully saturated rings. The Hall–Kier alpha value is -2.28. The molecule has 0 aromatic heterocycles. The molecule has 1 aliphatic rings. The molecule has 0 saturated carbocycles. The molecule has 1 aromatic carbocycles. The quantitative estimate of drug-likeness (QED) is 0.622. The van der Waals surface area contributed by atoms with Gasteiger partial charge in [-0.25, -0.2) is 0 Å². The normalized spacial score (nSPS) is 16.8. The first-order chi connectivity index (χ1) is 10.9. The van der Waals surface area contributed by atoms with Crippen molar-refractivity contribution in [2.75, 3.05) is 20.8 Å². The Balaban J connectivity index is 2.48. The average molecular weight is 324 g/mol. The monoisotopic (exact) mass is 324 g/mol. The molecule has 23 heavy (non-hydrogen) atoms. The molecule has 1 atom stereocenters. The molecule has 1 aliphatic carbocycles. The molecule has 0 heterocycles. The number of phenolic OH excluding ortho intramolecular Hbond substituents is 2. The Bertz CT molecular complexity index is 636. The van der Waals surface area contributed by atoms with Gasteiger partial charge in [0.1, 0.15) is 11.9 Å². The summed E-state index contributed by atoms with van der Waals surface area (Å²) in [5, 5.41) is 20.9. The van der Waals surface area contributed by atoms with E-state index in [9.17, 15) is 19.8 Å². The van der Waals surface area contributed by atoms with E-state index in [0.29, 0.717) is 24.0 Å². The Morgan fingerprint density at radius 3 is 2.52 bits per heavy atom. The minimum absolute atomic E-state index is 0.0125. The number of ketones is 1. The number of fused-ring (bicyclic) bond motifs is 1. The second-order valence-corrected chi connectivity index (χ2v) is 5.28. The number of esters is 1. The van der Waals surface area contributed by atoms with E-state index in [1.807, 2.05) is 0 Å². The van der Waals surface area contributed by atoms with Crippen LogP contribution in [-0.2, 0) is 27.1 Å². The molecule has 7 heteroatoms. The summed E-state index contributed by atoms with van der Waals surface area (Å²) < 4.78 is 15.1. The van der Waals surface area contributed by atoms with Gasteiger partial charge >= 0.3 is 5.97 Å². The highest BCUT2D eigenvalue weighted by Crippen LogP contribution is 2.46. The van der Waals surface area contributed by atoms with E-state index < -0.39 is 12.1 Å². The van der Waals surface area contributed by atoms with Crippen LogP contribution >= 0.6 is 0 Å². The van der Waals surface area contributed by atoms with Crippen LogP contribution in [0.3, 0.4) is 0 Å². The van der Waals surface area contributed by atoms with Crippen molar-refractivity contribution in [3.8, 4) is 17.2 Å². The van der Waals surface area contributed by atoms with E-state index in [-0.39, 0.29) is 41.6 Å². The SMILES string of the molecule is COc1c(O)c2c(c(O)c1CCOC(C)=O)CCC(OC)C2=O. The fraction of sp³-hybridized carbons (Fsp3) is 0.500. The maximum absolute atomic E-state index is 12.4. The molecule has 1 aromatic rings. The van der Waals surface area contributed by atoms with Gasteiger partial charge in [-0.3, -0.25) is 9.59 Å². The van der Waals surface area contributed by atoms with E-state index in [1.165, 1.54) is 21.1 Å². The van der Waals surface area contributed by atoms with Gasteiger partial charge in [0.15, 0.2) is 17.3 Å². The van der Waals surface area contributed by atoms with Crippen LogP contribution in [0.15, 0.2) is 0 Å². The van der Waals surface area contributed by atoms with Crippen molar-refractivity contribution in [1.82, 2.24) is 0 Å². The number of phenols is 2. The molecule has 0 radical (unpaired) electrons. The molecule has 7 nitrogen and oxygen atoms in total. The van der Waals surface area contributed by atoms with Gasteiger partial charge in [-0.05, 0) is 12.8 Å². The minimum atomic E-state index is -0.649. The molecule has 126 valence electrons. The Labute approximate surface area is 133 Å². The third-order valence-corrected chi connectivity index (χ3v) is 3.94. The Morgan fingerprint density at radius 1 is 1.26 bits per heavy atom. The third kappa shape index (κ3) is 3.10. The van der Waals surface area contributed by atoms with E-state index in [2.05, 4.69) is 0 Å². The van der Waals surface area contributed by atoms with Crippen LogP contribution in [-0.4, -0.2) is 48.9 Å². The number of methoxy groups -OCH3 is 2. The number of benzene rings is 1. The lowest BCUT2D eigenvalue weighted by atomic mass is 9.85. The zero-order valence-electron chi connectivity index (χ0n) is 13.3. The number of carbonyl (C=O) groups excluding carboxylic acids is 2. The molecule has 1 unspecified atom stereocenters. The van der Waals surface area contributed by atoms with Crippen molar-refractivity contribution in [2.45, 2.75) is 32.3 Å². The van der Waals surface area contributed by atoms with E-state index in [1.54, 1.807) is 0 Å². The highest BCUT2D eigenvalue weighted by molar-refractivity contribution is 6.05. The summed E-state index contributed by atoms with van der Waals surface area (Å²) in [4.78, 5) is 23.2. The van der Waals surface area contributed by atoms with E-state index in [4.69, 9.17) is 14.2 Å². The first-order valence-corrected chi connectivity index (χ1v) is 7.26. The van der Waals surface area contributed by atoms with E-state index >= 15 is 0 Å². The predicted octanol–water partition coefficient (Wildman–Crippen LogP) is 1.36. The molecular weight excluding hydrogens is 304 g/mol. The summed E-state index contributed by atoms with van der Waals surface area (Å²) in [6.45, 7) is 1.32. The number of Topliss-reactive ketones (excluding diaryl/α,β-unsaturated/α-hetero) is 1. The van der Waals surface area contributed by atoms with Crippen LogP contribution in [0, 0.1) is 0 Å². The number of hydrogen-bond donors (Lipinski definition) is 2. The maximum atomic E-state index is 12.4. The highest BCUT2D eigenvalue weighted by Gasteiger charge is 2.35. The first kappa shape index (κ1) is 17.1. The minimum Gasteiger partial charge on any atom is -0.507 e. The number of ether oxygens (including phenoxy) is 3. The Morgan fingerprint density at radius 2 is 1.96 bits per heavy atom. The summed E-state index contributed by atoms with van der Waals surface area (Å²) in [7, 11) is 2.76. The van der Waals surface area contributed by atoms with Gasteiger partial charge in [-0.15, -0.1) is 0 Å². The smallest absolute Gasteiger partial charge is 0.302 e. The number of aromatic hydroxyl groups is 2. The second-order valence-electron chi connectivity index (χ2n) is 5.28. The van der Waals surface area contributed by atoms with Gasteiger partial charge < -0.3 is 24.4 Å². The number of hydrogen-bond acceptors (Lipinski definition) is 7. The third-order valence-electron chi connectivity index (χ3n) is 3.94. The van der Waals surface area contributed by atoms with Gasteiger partial charge in [0, 0.05) is 31.6 Å². The van der Waals surface area contributed by atoms with E-state index in [0.717, 1.165) is 0 Å². The van der Waals surface area contributed by atoms with Crippen molar-refractivity contribution < 1.29 is 34.0 Å². The van der Waals surface area contributed by atoms with Crippen LogP contribution in [0.25, 0.3) is 0 Å². The molecule has 0 aliphatic heterocycles. The van der Waals surface area contributed by atoms with Crippen molar-refractivity contribution in [3.63, 3.8) is 0 Å². The standard InChI is InChI=1S/C16H20O7/c1-8(17)23-7-6-10-13(18)9-4-5-11(21-2)14(19)12(9)15(20)16(10)22-3/h11,18,20H,4-7H2,1-3H3. The zero-order chi connectivity index (χ0) is 17.1. The molecule has 2 N–H and O–H groups in total. The van der Waals surface area contributed by atoms with Gasteiger partial charge in [-0.2, -0.15) is 0 Å². The Kier molecular flexibility index (Phi) is 5.10. The van der Waals surface area contributed by atoms with Crippen molar-refractivity contribution in [1.29, 1.82) is 0 Å². The lowest BCUT2D eigenvalue weighted by Crippen LogP contribution is -2.29. The fourth-order valence-electron chi connectivity index (χ4n) is 2.86. The highest BCUT2D eigenvalue weighted by atomic mass is 16.5. The van der Waals surface area contributed by atoms with Crippen molar-refractivity contribution >= 4 is 11.8 Å². The molecule has 0 saturated heterocycles. The fourth-order valence-corrected chi connectivity index (χ4v) is 2.86. The summed E-state index contributed by atoms with van der Waals surface area (Å²) >= 11 is 0. The first-order valence-electron chi connectivity index (χ1n) is 7.26. The molecule has 0 spiro atoms. The second kappa shape index (κ2) is 6.87. The van der Waals surface area contributed by atoms with Gasteiger partial charge in [0.05, 0.1) is 19.3 Å². The van der Waals surface area contributed by atoms with Crippen LogP contribution < -0.4 is 4.74 Å². The molecule has 0 amide bonds. The summed E-state index contributed by atoms with van der Waals surface area (Å²) in [5.74, 6) is -1.23. The molecular formula is C16H20O7. The summed E-state index contributed by atoms with van der Waals surface area (Å²) in [6.07, 6.45) is 0.329. The van der Waals surface area contributed by atoms with Crippen LogP contribution in [0.1, 0.15) is 34.8 Å². The summed E-state index contributed by atoms with van der Waals surface area (Å²) in [5.41, 5.74) is 0.724. The zero-order valence-corrected chi connectivity index (χ0v) is 13.3. The van der Waals surface area contributed by atoms with Crippen LogP contribution in [0.4, 0.5) is 0 Å². The van der Waals surface area contributed by atoms with Crippen molar-refractivity contribution in [2.24, 2.45) is 0 Å². The largest absolute Gasteiger partial charge is 0.507 e. The number of rotatable bonds is 5. The van der Waals surface area contributed by atoms with Crippen LogP contribution in [0.5, 0.6) is 17.2 Å².